The molecule has 2 aliphatic heterocycles. The Kier molecular flexibility index (Phi) is 3.45. The third-order valence-electron chi connectivity index (χ3n) is 5.55. The summed E-state index contributed by atoms with van der Waals surface area (Å²) in [6, 6.07) is 8.34. The third kappa shape index (κ3) is 2.56. The molecule has 2 saturated heterocycles. The first-order valence-corrected chi connectivity index (χ1v) is 9.55. The second kappa shape index (κ2) is 6.13. The average molecular weight is 373 g/mol. The Hall–Kier alpha value is -3.26. The molecule has 2 fully saturated rings. The van der Waals surface area contributed by atoms with Crippen LogP contribution in [0.3, 0.4) is 0 Å². The van der Waals surface area contributed by atoms with Crippen LogP contribution in [-0.2, 0) is 4.74 Å². The Morgan fingerprint density at radius 3 is 2.75 bits per heavy atom. The van der Waals surface area contributed by atoms with Crippen LogP contribution < -0.4 is 10.2 Å². The van der Waals surface area contributed by atoms with Crippen LogP contribution in [0.5, 0.6) is 0 Å². The Bertz CT molecular complexity index is 1160. The van der Waals surface area contributed by atoms with E-state index in [0.29, 0.717) is 23.7 Å². The summed E-state index contributed by atoms with van der Waals surface area (Å²) in [5, 5.41) is 12.8. The molecule has 0 spiro atoms. The second-order valence-corrected chi connectivity index (χ2v) is 7.38. The van der Waals surface area contributed by atoms with Gasteiger partial charge in [0, 0.05) is 42.8 Å². The SMILES string of the molecule is c1cc2cc(Nc3n[nH]c4nccnc34)ccc2c(N2CC3CCC(C2)O3)n1. The summed E-state index contributed by atoms with van der Waals surface area (Å²) >= 11 is 0. The van der Waals surface area contributed by atoms with Crippen LogP contribution in [0.25, 0.3) is 21.9 Å². The van der Waals surface area contributed by atoms with E-state index in [1.54, 1.807) is 12.4 Å². The van der Waals surface area contributed by atoms with Crippen molar-refractivity contribution in [2.75, 3.05) is 23.3 Å². The zero-order chi connectivity index (χ0) is 18.5. The topological polar surface area (TPSA) is 91.9 Å². The second-order valence-electron chi connectivity index (χ2n) is 7.38. The van der Waals surface area contributed by atoms with Crippen LogP contribution >= 0.6 is 0 Å². The van der Waals surface area contributed by atoms with E-state index >= 15 is 0 Å². The molecule has 6 rings (SSSR count). The number of nitrogens with one attached hydrogen (secondary N) is 2. The largest absolute Gasteiger partial charge is 0.371 e. The zero-order valence-electron chi connectivity index (χ0n) is 15.2. The fourth-order valence-electron chi connectivity index (χ4n) is 4.26. The first kappa shape index (κ1) is 15.8. The van der Waals surface area contributed by atoms with Crippen molar-refractivity contribution in [3.8, 4) is 0 Å². The molecule has 2 N–H and O–H groups in total. The lowest BCUT2D eigenvalue weighted by Crippen LogP contribution is -2.43. The van der Waals surface area contributed by atoms with E-state index in [0.717, 1.165) is 53.7 Å². The van der Waals surface area contributed by atoms with Crippen molar-refractivity contribution < 1.29 is 4.74 Å². The fourth-order valence-corrected chi connectivity index (χ4v) is 4.26. The van der Waals surface area contributed by atoms with Gasteiger partial charge < -0.3 is 15.0 Å². The van der Waals surface area contributed by atoms with Crippen molar-refractivity contribution in [2.45, 2.75) is 25.0 Å². The van der Waals surface area contributed by atoms with Crippen molar-refractivity contribution in [1.82, 2.24) is 25.1 Å². The number of H-pyrrole nitrogens is 1. The summed E-state index contributed by atoms with van der Waals surface area (Å²) in [4.78, 5) is 15.6. The highest BCUT2D eigenvalue weighted by molar-refractivity contribution is 5.95. The number of benzene rings is 1. The molecule has 2 atom stereocenters. The number of anilines is 3. The normalized spacial score (nSPS) is 21.5. The van der Waals surface area contributed by atoms with Gasteiger partial charge in [-0.25, -0.2) is 15.0 Å². The maximum atomic E-state index is 5.97. The number of nitrogens with zero attached hydrogens (tertiary/aromatic N) is 5. The number of fused-ring (bicyclic) bond motifs is 4. The first-order chi connectivity index (χ1) is 13.8. The summed E-state index contributed by atoms with van der Waals surface area (Å²) < 4.78 is 5.97. The Balaban J connectivity index is 1.34. The Morgan fingerprint density at radius 1 is 1.00 bits per heavy atom. The monoisotopic (exact) mass is 373 g/mol. The maximum absolute atomic E-state index is 5.97. The highest BCUT2D eigenvalue weighted by Crippen LogP contribution is 2.33. The zero-order valence-corrected chi connectivity index (χ0v) is 15.2. The van der Waals surface area contributed by atoms with Gasteiger partial charge >= 0.3 is 0 Å². The van der Waals surface area contributed by atoms with Gasteiger partial charge in [0.25, 0.3) is 0 Å². The molecule has 1 aromatic carbocycles. The molecule has 8 nitrogen and oxygen atoms in total. The third-order valence-corrected chi connectivity index (χ3v) is 5.55. The first-order valence-electron chi connectivity index (χ1n) is 9.55. The van der Waals surface area contributed by atoms with Crippen LogP contribution in [0, 0.1) is 0 Å². The predicted octanol–water partition coefficient (Wildman–Crippen LogP) is 3.01. The summed E-state index contributed by atoms with van der Waals surface area (Å²) in [7, 11) is 0. The Labute approximate surface area is 161 Å². The molecule has 0 amide bonds. The summed E-state index contributed by atoms with van der Waals surface area (Å²) in [5.74, 6) is 1.71. The van der Waals surface area contributed by atoms with Gasteiger partial charge in [0.05, 0.1) is 12.2 Å². The quantitative estimate of drug-likeness (QED) is 0.570. The van der Waals surface area contributed by atoms with Gasteiger partial charge in [-0.1, -0.05) is 0 Å². The molecule has 0 saturated carbocycles. The molecule has 0 radical (unpaired) electrons. The standard InChI is InChI=1S/C20H19N7O/c1-4-16-12(5-6-23-20(16)27-10-14-2-3-15(11-27)28-14)9-13(1)24-19-17-18(25-26-19)22-8-7-21-17/h1,4-9,14-15H,2-3,10-11H2,(H2,22,24,25,26). The highest BCUT2D eigenvalue weighted by Gasteiger charge is 2.34. The van der Waals surface area contributed by atoms with Crippen molar-refractivity contribution in [3.05, 3.63) is 42.9 Å². The molecule has 28 heavy (non-hydrogen) atoms. The number of ether oxygens (including phenoxy) is 1. The number of morpholine rings is 1. The fraction of sp³-hybridized carbons (Fsp3) is 0.300. The molecular weight excluding hydrogens is 354 g/mol. The van der Waals surface area contributed by atoms with Crippen LogP contribution in [0.1, 0.15) is 12.8 Å². The molecule has 2 aliphatic rings. The van der Waals surface area contributed by atoms with Gasteiger partial charge in [0.2, 0.25) is 0 Å². The van der Waals surface area contributed by atoms with E-state index in [9.17, 15) is 0 Å². The van der Waals surface area contributed by atoms with E-state index in [4.69, 9.17) is 4.74 Å². The minimum absolute atomic E-state index is 0.339. The Morgan fingerprint density at radius 2 is 1.86 bits per heavy atom. The summed E-state index contributed by atoms with van der Waals surface area (Å²) in [6.45, 7) is 1.83. The molecule has 2 bridgehead atoms. The minimum atomic E-state index is 0.339. The van der Waals surface area contributed by atoms with Crippen molar-refractivity contribution in [2.24, 2.45) is 0 Å². The van der Waals surface area contributed by atoms with Gasteiger partial charge in [0.1, 0.15) is 5.82 Å². The van der Waals surface area contributed by atoms with Crippen molar-refractivity contribution >= 4 is 39.3 Å². The maximum Gasteiger partial charge on any atom is 0.180 e. The van der Waals surface area contributed by atoms with Crippen LogP contribution in [-0.4, -0.2) is 50.4 Å². The number of aromatic nitrogens is 5. The van der Waals surface area contributed by atoms with Crippen molar-refractivity contribution in [1.29, 1.82) is 0 Å². The molecule has 4 aromatic rings. The molecule has 2 unspecified atom stereocenters. The van der Waals surface area contributed by atoms with Crippen LogP contribution in [0.4, 0.5) is 17.3 Å². The van der Waals surface area contributed by atoms with Gasteiger partial charge in [0.15, 0.2) is 17.0 Å². The molecular formula is C20H19N7O. The minimum Gasteiger partial charge on any atom is -0.371 e. The predicted molar refractivity (Wildman–Crippen MR) is 107 cm³/mol. The smallest absolute Gasteiger partial charge is 0.180 e. The number of rotatable bonds is 3. The molecule has 140 valence electrons. The number of pyridine rings is 1. The lowest BCUT2D eigenvalue weighted by molar-refractivity contribution is 0.0303. The van der Waals surface area contributed by atoms with E-state index in [-0.39, 0.29) is 0 Å². The average Bonchev–Trinajstić information content (AvgIpc) is 3.30. The molecule has 5 heterocycles. The highest BCUT2D eigenvalue weighted by atomic mass is 16.5. The summed E-state index contributed by atoms with van der Waals surface area (Å²) in [5.41, 5.74) is 2.34. The van der Waals surface area contributed by atoms with Crippen LogP contribution in [0.15, 0.2) is 42.9 Å². The number of aromatic amines is 1. The van der Waals surface area contributed by atoms with E-state index in [1.807, 2.05) is 12.3 Å². The van der Waals surface area contributed by atoms with Crippen molar-refractivity contribution in [3.63, 3.8) is 0 Å². The number of hydrogen-bond acceptors (Lipinski definition) is 7. The van der Waals surface area contributed by atoms with Gasteiger partial charge in [-0.15, -0.1) is 0 Å². The van der Waals surface area contributed by atoms with E-state index in [2.05, 4.69) is 53.6 Å². The lowest BCUT2D eigenvalue weighted by Gasteiger charge is -2.33. The van der Waals surface area contributed by atoms with E-state index < -0.39 is 0 Å². The number of hydrogen-bond donors (Lipinski definition) is 2. The van der Waals surface area contributed by atoms with Gasteiger partial charge in [-0.2, -0.15) is 5.10 Å². The van der Waals surface area contributed by atoms with Crippen LogP contribution in [0.2, 0.25) is 0 Å². The molecule has 3 aromatic heterocycles. The van der Waals surface area contributed by atoms with E-state index in [1.165, 1.54) is 0 Å². The molecule has 0 aliphatic carbocycles. The summed E-state index contributed by atoms with van der Waals surface area (Å²) in [6.07, 6.45) is 8.18. The lowest BCUT2D eigenvalue weighted by atomic mass is 10.1. The van der Waals surface area contributed by atoms with Gasteiger partial charge in [-0.3, -0.25) is 5.10 Å². The van der Waals surface area contributed by atoms with Gasteiger partial charge in [-0.05, 0) is 42.5 Å². The molecule has 8 heteroatoms.